The topological polar surface area (TPSA) is 101 Å². The van der Waals surface area contributed by atoms with Gasteiger partial charge in [0.1, 0.15) is 24.2 Å². The normalized spacial score (nSPS) is 22.6. The lowest BCUT2D eigenvalue weighted by molar-refractivity contribution is -0.241. The van der Waals surface area contributed by atoms with Crippen molar-refractivity contribution in [3.63, 3.8) is 0 Å². The third kappa shape index (κ3) is 5.50. The van der Waals surface area contributed by atoms with Crippen molar-refractivity contribution < 1.29 is 38.4 Å². The smallest absolute Gasteiger partial charge is 0.338 e. The fourth-order valence-electron chi connectivity index (χ4n) is 4.15. The average molecular weight is 503 g/mol. The lowest BCUT2D eigenvalue weighted by Gasteiger charge is -2.38. The minimum Gasteiger partial charge on any atom is -0.489 e. The summed E-state index contributed by atoms with van der Waals surface area (Å²) < 4.78 is 28.7. The van der Waals surface area contributed by atoms with E-state index in [-0.39, 0.29) is 6.61 Å². The molecule has 2 aliphatic heterocycles. The first-order chi connectivity index (χ1) is 18.0. The maximum absolute atomic E-state index is 12.9. The molecule has 0 aliphatic carbocycles. The number of aliphatic hydroxyl groups excluding tert-OH is 1. The summed E-state index contributed by atoms with van der Waals surface area (Å²) in [5.74, 6) is -0.241. The zero-order valence-electron chi connectivity index (χ0n) is 20.1. The maximum atomic E-state index is 12.9. The Morgan fingerprint density at radius 2 is 1.54 bits per heavy atom. The number of esters is 2. The van der Waals surface area contributed by atoms with Gasteiger partial charge < -0.3 is 28.8 Å². The largest absolute Gasteiger partial charge is 0.489 e. The quantitative estimate of drug-likeness (QED) is 0.505. The van der Waals surface area contributed by atoms with Gasteiger partial charge in [-0.25, -0.2) is 9.59 Å². The minimum absolute atomic E-state index is 0.160. The van der Waals surface area contributed by atoms with E-state index in [1.54, 1.807) is 72.8 Å². The molecule has 190 valence electrons. The molecule has 0 aromatic heterocycles. The summed E-state index contributed by atoms with van der Waals surface area (Å²) in [6.07, 6.45) is -2.94. The minimum atomic E-state index is -1.40. The first-order valence-corrected chi connectivity index (χ1v) is 11.9. The number of hydrogen-bond donors (Lipinski definition) is 1. The number of allylic oxidation sites excluding steroid dienone is 1. The van der Waals surface area contributed by atoms with Crippen molar-refractivity contribution in [3.05, 3.63) is 102 Å². The van der Waals surface area contributed by atoms with Crippen molar-refractivity contribution in [1.82, 2.24) is 0 Å². The van der Waals surface area contributed by atoms with Crippen molar-refractivity contribution in [1.29, 1.82) is 0 Å². The summed E-state index contributed by atoms with van der Waals surface area (Å²) >= 11 is 0. The molecule has 37 heavy (non-hydrogen) atoms. The van der Waals surface area contributed by atoms with E-state index in [2.05, 4.69) is 0 Å². The molecule has 5 rings (SSSR count). The molecule has 1 saturated heterocycles. The molecule has 0 amide bonds. The van der Waals surface area contributed by atoms with Gasteiger partial charge >= 0.3 is 11.9 Å². The van der Waals surface area contributed by atoms with Crippen LogP contribution in [0.25, 0.3) is 5.57 Å². The Morgan fingerprint density at radius 1 is 0.892 bits per heavy atom. The van der Waals surface area contributed by atoms with Gasteiger partial charge in [0, 0.05) is 11.6 Å². The van der Waals surface area contributed by atoms with Crippen LogP contribution in [0.2, 0.25) is 0 Å². The van der Waals surface area contributed by atoms with Crippen molar-refractivity contribution in [3.8, 4) is 11.5 Å². The van der Waals surface area contributed by atoms with Crippen molar-refractivity contribution in [2.24, 2.45) is 0 Å². The van der Waals surface area contributed by atoms with E-state index in [4.69, 9.17) is 23.7 Å². The lowest BCUT2D eigenvalue weighted by atomic mass is 10.0. The number of carbonyl (C=O) groups excluding carboxylic acids is 2. The molecule has 1 N–H and O–H groups in total. The molecule has 0 saturated carbocycles. The Balaban J connectivity index is 1.36. The van der Waals surface area contributed by atoms with Gasteiger partial charge in [0.2, 0.25) is 6.29 Å². The van der Waals surface area contributed by atoms with E-state index >= 15 is 0 Å². The van der Waals surface area contributed by atoms with Crippen molar-refractivity contribution in [2.45, 2.75) is 31.5 Å². The molecule has 0 spiro atoms. The van der Waals surface area contributed by atoms with Crippen LogP contribution in [0.3, 0.4) is 0 Å². The van der Waals surface area contributed by atoms with E-state index in [0.717, 1.165) is 11.1 Å². The Morgan fingerprint density at radius 3 is 2.22 bits per heavy atom. The second kappa shape index (κ2) is 10.9. The van der Waals surface area contributed by atoms with Gasteiger partial charge in [0.15, 0.2) is 12.2 Å². The number of aliphatic hydroxyl groups is 1. The average Bonchev–Trinajstić information content (AvgIpc) is 2.93. The van der Waals surface area contributed by atoms with Gasteiger partial charge in [-0.05, 0) is 55.0 Å². The van der Waals surface area contributed by atoms with E-state index in [9.17, 15) is 14.7 Å². The van der Waals surface area contributed by atoms with Gasteiger partial charge in [-0.1, -0.05) is 36.4 Å². The van der Waals surface area contributed by atoms with Crippen molar-refractivity contribution >= 4 is 17.5 Å². The zero-order chi connectivity index (χ0) is 25.8. The molecule has 8 heteroatoms. The predicted molar refractivity (Wildman–Crippen MR) is 133 cm³/mol. The van der Waals surface area contributed by atoms with Crippen LogP contribution < -0.4 is 9.47 Å². The van der Waals surface area contributed by atoms with E-state index in [0.29, 0.717) is 29.2 Å². The van der Waals surface area contributed by atoms with Gasteiger partial charge in [-0.2, -0.15) is 0 Å². The lowest BCUT2D eigenvalue weighted by Crippen LogP contribution is -2.57. The molecule has 3 aromatic carbocycles. The Bertz CT molecular complexity index is 1290. The SMILES string of the molecule is CC1=CCOc2cc(O[C@@H]3OC[C@@H](OC(=O)c4ccccc4)[C@H](O)[C@H]3OC(=O)c3ccccc3)ccc21. The Kier molecular flexibility index (Phi) is 7.20. The molecule has 2 heterocycles. The molecule has 2 aliphatic rings. The zero-order valence-corrected chi connectivity index (χ0v) is 20.1. The summed E-state index contributed by atoms with van der Waals surface area (Å²) in [7, 11) is 0. The summed E-state index contributed by atoms with van der Waals surface area (Å²) in [6, 6.07) is 22.1. The standard InChI is InChI=1S/C29H26O8/c1-18-14-15-33-23-16-21(12-13-22(18)23)35-29-26(37-28(32)20-10-6-3-7-11-20)25(30)24(17-34-29)36-27(31)19-8-4-2-5-9-19/h2-14,16,24-26,29-30H,15,17H2,1H3/t24-,25+,26-,29+/m1/s1. The fraction of sp³-hybridized carbons (Fsp3) is 0.241. The van der Waals surface area contributed by atoms with Crippen LogP contribution in [0.1, 0.15) is 33.2 Å². The fourth-order valence-corrected chi connectivity index (χ4v) is 4.15. The van der Waals surface area contributed by atoms with Crippen molar-refractivity contribution in [2.75, 3.05) is 13.2 Å². The second-order valence-electron chi connectivity index (χ2n) is 8.71. The van der Waals surface area contributed by atoms with Gasteiger partial charge in [-0.3, -0.25) is 0 Å². The van der Waals surface area contributed by atoms with Gasteiger partial charge in [0.25, 0.3) is 0 Å². The van der Waals surface area contributed by atoms with Crippen LogP contribution in [-0.2, 0) is 14.2 Å². The predicted octanol–water partition coefficient (Wildman–Crippen LogP) is 4.03. The number of hydrogen-bond acceptors (Lipinski definition) is 8. The highest BCUT2D eigenvalue weighted by Gasteiger charge is 2.46. The maximum Gasteiger partial charge on any atom is 0.338 e. The highest BCUT2D eigenvalue weighted by atomic mass is 16.7. The monoisotopic (exact) mass is 502 g/mol. The number of benzene rings is 3. The number of fused-ring (bicyclic) bond motifs is 1. The Hall–Kier alpha value is -4.14. The molecule has 0 radical (unpaired) electrons. The van der Waals surface area contributed by atoms with Crippen LogP contribution in [-0.4, -0.2) is 54.9 Å². The molecule has 1 fully saturated rings. The molecule has 4 atom stereocenters. The summed E-state index contributed by atoms with van der Waals surface area (Å²) in [5, 5.41) is 11.1. The number of carbonyl (C=O) groups is 2. The molecule has 8 nitrogen and oxygen atoms in total. The second-order valence-corrected chi connectivity index (χ2v) is 8.71. The highest BCUT2D eigenvalue weighted by molar-refractivity contribution is 5.90. The molecule has 3 aromatic rings. The van der Waals surface area contributed by atoms with E-state index in [1.807, 2.05) is 19.1 Å². The van der Waals surface area contributed by atoms with E-state index in [1.165, 1.54) is 0 Å². The van der Waals surface area contributed by atoms with Crippen LogP contribution in [0.15, 0.2) is 84.9 Å². The van der Waals surface area contributed by atoms with Gasteiger partial charge in [0.05, 0.1) is 17.7 Å². The van der Waals surface area contributed by atoms with E-state index < -0.39 is 36.5 Å². The third-order valence-electron chi connectivity index (χ3n) is 6.19. The third-order valence-corrected chi connectivity index (χ3v) is 6.19. The van der Waals surface area contributed by atoms with Crippen LogP contribution >= 0.6 is 0 Å². The summed E-state index contributed by atoms with van der Waals surface area (Å²) in [5.41, 5.74) is 2.66. The summed E-state index contributed by atoms with van der Waals surface area (Å²) in [6.45, 7) is 2.29. The van der Waals surface area contributed by atoms with Crippen LogP contribution in [0, 0.1) is 0 Å². The molecular weight excluding hydrogens is 476 g/mol. The molecule has 0 unspecified atom stereocenters. The first kappa shape index (κ1) is 24.5. The highest BCUT2D eigenvalue weighted by Crippen LogP contribution is 2.34. The first-order valence-electron chi connectivity index (χ1n) is 11.9. The molecular formula is C29H26O8. The van der Waals surface area contributed by atoms with Crippen LogP contribution in [0.4, 0.5) is 0 Å². The Labute approximate surface area is 214 Å². The number of ether oxygens (including phenoxy) is 5. The van der Waals surface area contributed by atoms with Gasteiger partial charge in [-0.15, -0.1) is 0 Å². The van der Waals surface area contributed by atoms with Crippen LogP contribution in [0.5, 0.6) is 11.5 Å². The number of rotatable bonds is 6. The summed E-state index contributed by atoms with van der Waals surface area (Å²) in [4.78, 5) is 25.5. The molecule has 0 bridgehead atoms.